The molecule has 0 aliphatic heterocycles. The van der Waals surface area contributed by atoms with Crippen molar-refractivity contribution >= 4 is 17.1 Å². The molecular weight excluding hydrogens is 236 g/mol. The molecule has 0 saturated carbocycles. The van der Waals surface area contributed by atoms with Crippen LogP contribution in [0.25, 0.3) is 16.9 Å². The van der Waals surface area contributed by atoms with Crippen LogP contribution in [0.4, 0.5) is 5.95 Å². The molecule has 0 bridgehead atoms. The van der Waals surface area contributed by atoms with Crippen LogP contribution in [0.1, 0.15) is 16.7 Å². The summed E-state index contributed by atoms with van der Waals surface area (Å²) >= 11 is 0. The van der Waals surface area contributed by atoms with Gasteiger partial charge in [-0.3, -0.25) is 4.57 Å². The quantitative estimate of drug-likeness (QED) is 0.724. The average molecular weight is 252 g/mol. The number of rotatable bonds is 1. The SMILES string of the molecule is Cc1cc(C)cc(-n2c(N)nc3cc(C)cnc32)c1. The van der Waals surface area contributed by atoms with Crippen molar-refractivity contribution < 1.29 is 0 Å². The number of anilines is 1. The lowest BCUT2D eigenvalue weighted by Crippen LogP contribution is -2.02. The van der Waals surface area contributed by atoms with Crippen LogP contribution in [0.5, 0.6) is 0 Å². The number of aromatic nitrogens is 3. The predicted octanol–water partition coefficient (Wildman–Crippen LogP) is 2.93. The maximum absolute atomic E-state index is 6.05. The van der Waals surface area contributed by atoms with Gasteiger partial charge in [0.05, 0.1) is 5.69 Å². The van der Waals surface area contributed by atoms with Crippen molar-refractivity contribution in [2.45, 2.75) is 20.8 Å². The lowest BCUT2D eigenvalue weighted by atomic mass is 10.1. The molecule has 0 saturated heterocycles. The second-order valence-electron chi connectivity index (χ2n) is 5.01. The van der Waals surface area contributed by atoms with E-state index < -0.39 is 0 Å². The minimum Gasteiger partial charge on any atom is -0.369 e. The summed E-state index contributed by atoms with van der Waals surface area (Å²) in [6.07, 6.45) is 1.84. The summed E-state index contributed by atoms with van der Waals surface area (Å²) in [5, 5.41) is 0. The van der Waals surface area contributed by atoms with Crippen molar-refractivity contribution in [3.05, 3.63) is 47.2 Å². The molecule has 0 aliphatic carbocycles. The third-order valence-electron chi connectivity index (χ3n) is 3.12. The Morgan fingerprint density at radius 3 is 2.32 bits per heavy atom. The molecule has 0 radical (unpaired) electrons. The topological polar surface area (TPSA) is 56.7 Å². The van der Waals surface area contributed by atoms with Crippen LogP contribution in [0.15, 0.2) is 30.5 Å². The number of hydrogen-bond donors (Lipinski definition) is 1. The first-order valence-electron chi connectivity index (χ1n) is 6.24. The van der Waals surface area contributed by atoms with Crippen LogP contribution >= 0.6 is 0 Å². The molecule has 0 unspecified atom stereocenters. The average Bonchev–Trinajstić information content (AvgIpc) is 2.62. The number of hydrogen-bond acceptors (Lipinski definition) is 3. The molecule has 0 atom stereocenters. The fourth-order valence-electron chi connectivity index (χ4n) is 2.42. The summed E-state index contributed by atoms with van der Waals surface area (Å²) in [7, 11) is 0. The fraction of sp³-hybridized carbons (Fsp3) is 0.200. The normalized spacial score (nSPS) is 11.1. The van der Waals surface area contributed by atoms with Crippen molar-refractivity contribution in [3.8, 4) is 5.69 Å². The highest BCUT2D eigenvalue weighted by molar-refractivity contribution is 5.77. The Hall–Kier alpha value is -2.36. The number of aryl methyl sites for hydroxylation is 3. The number of pyridine rings is 1. The van der Waals surface area contributed by atoms with Gasteiger partial charge in [0.1, 0.15) is 5.52 Å². The van der Waals surface area contributed by atoms with E-state index in [4.69, 9.17) is 5.73 Å². The molecule has 3 aromatic rings. The molecule has 96 valence electrons. The van der Waals surface area contributed by atoms with Gasteiger partial charge in [-0.2, -0.15) is 0 Å². The molecule has 4 nitrogen and oxygen atoms in total. The number of imidazole rings is 1. The molecule has 0 amide bonds. The Bertz CT molecular complexity index is 751. The minimum atomic E-state index is 0.470. The summed E-state index contributed by atoms with van der Waals surface area (Å²) in [5.41, 5.74) is 12.2. The zero-order valence-corrected chi connectivity index (χ0v) is 11.3. The van der Waals surface area contributed by atoms with Gasteiger partial charge in [-0.1, -0.05) is 6.07 Å². The number of benzene rings is 1. The van der Waals surface area contributed by atoms with Crippen LogP contribution < -0.4 is 5.73 Å². The molecule has 1 aromatic carbocycles. The first kappa shape index (κ1) is 11.7. The minimum absolute atomic E-state index is 0.470. The molecule has 19 heavy (non-hydrogen) atoms. The first-order chi connectivity index (χ1) is 9.04. The Morgan fingerprint density at radius 1 is 0.947 bits per heavy atom. The number of fused-ring (bicyclic) bond motifs is 1. The molecule has 3 rings (SSSR count). The second-order valence-corrected chi connectivity index (χ2v) is 5.01. The molecule has 2 N–H and O–H groups in total. The number of nitrogens with two attached hydrogens (primary N) is 1. The van der Waals surface area contributed by atoms with Gasteiger partial charge in [0.25, 0.3) is 0 Å². The maximum Gasteiger partial charge on any atom is 0.207 e. The summed E-state index contributed by atoms with van der Waals surface area (Å²) in [5.74, 6) is 0.470. The van der Waals surface area contributed by atoms with Gasteiger partial charge < -0.3 is 5.73 Å². The largest absolute Gasteiger partial charge is 0.369 e. The van der Waals surface area contributed by atoms with E-state index in [1.165, 1.54) is 11.1 Å². The lowest BCUT2D eigenvalue weighted by Gasteiger charge is -2.08. The van der Waals surface area contributed by atoms with Crippen molar-refractivity contribution in [2.24, 2.45) is 0 Å². The van der Waals surface area contributed by atoms with E-state index in [9.17, 15) is 0 Å². The third-order valence-corrected chi connectivity index (χ3v) is 3.12. The zero-order chi connectivity index (χ0) is 13.6. The maximum atomic E-state index is 6.05. The Labute approximate surface area is 111 Å². The van der Waals surface area contributed by atoms with Gasteiger partial charge >= 0.3 is 0 Å². The molecule has 0 aliphatic rings. The highest BCUT2D eigenvalue weighted by atomic mass is 15.2. The van der Waals surface area contributed by atoms with Crippen LogP contribution in [0, 0.1) is 20.8 Å². The van der Waals surface area contributed by atoms with Gasteiger partial charge in [-0.05, 0) is 55.7 Å². The van der Waals surface area contributed by atoms with Crippen LogP contribution in [0.2, 0.25) is 0 Å². The van der Waals surface area contributed by atoms with Crippen LogP contribution in [-0.4, -0.2) is 14.5 Å². The monoisotopic (exact) mass is 252 g/mol. The molecule has 2 aromatic heterocycles. The first-order valence-corrected chi connectivity index (χ1v) is 6.24. The molecule has 0 spiro atoms. The summed E-state index contributed by atoms with van der Waals surface area (Å²) in [6.45, 7) is 6.14. The van der Waals surface area contributed by atoms with Gasteiger partial charge in [0.15, 0.2) is 5.65 Å². The number of nitrogen functional groups attached to an aromatic ring is 1. The Kier molecular flexibility index (Phi) is 2.52. The lowest BCUT2D eigenvalue weighted by molar-refractivity contribution is 1.07. The van der Waals surface area contributed by atoms with Crippen molar-refractivity contribution in [2.75, 3.05) is 5.73 Å². The zero-order valence-electron chi connectivity index (χ0n) is 11.3. The predicted molar refractivity (Wildman–Crippen MR) is 77.5 cm³/mol. The summed E-state index contributed by atoms with van der Waals surface area (Å²) < 4.78 is 1.90. The van der Waals surface area contributed by atoms with Crippen molar-refractivity contribution in [1.29, 1.82) is 0 Å². The Balaban J connectivity index is 2.32. The van der Waals surface area contributed by atoms with Crippen molar-refractivity contribution in [3.63, 3.8) is 0 Å². The summed E-state index contributed by atoms with van der Waals surface area (Å²) in [4.78, 5) is 8.85. The van der Waals surface area contributed by atoms with Crippen molar-refractivity contribution in [1.82, 2.24) is 14.5 Å². The van der Waals surface area contributed by atoms with E-state index in [1.54, 1.807) is 0 Å². The van der Waals surface area contributed by atoms with E-state index in [2.05, 4.69) is 42.0 Å². The third kappa shape index (κ3) is 1.95. The molecule has 4 heteroatoms. The molecular formula is C15H16N4. The van der Waals surface area contributed by atoms with E-state index >= 15 is 0 Å². The second kappa shape index (κ2) is 4.09. The Morgan fingerprint density at radius 2 is 1.63 bits per heavy atom. The smallest absolute Gasteiger partial charge is 0.207 e. The van der Waals surface area contributed by atoms with E-state index in [0.29, 0.717) is 5.95 Å². The van der Waals surface area contributed by atoms with E-state index in [0.717, 1.165) is 22.4 Å². The highest BCUT2D eigenvalue weighted by Gasteiger charge is 2.11. The van der Waals surface area contributed by atoms with E-state index in [1.807, 2.05) is 23.8 Å². The molecule has 2 heterocycles. The fourth-order valence-corrected chi connectivity index (χ4v) is 2.42. The van der Waals surface area contributed by atoms with Gasteiger partial charge in [0, 0.05) is 6.20 Å². The van der Waals surface area contributed by atoms with Gasteiger partial charge in [-0.15, -0.1) is 0 Å². The van der Waals surface area contributed by atoms with Crippen LogP contribution in [-0.2, 0) is 0 Å². The summed E-state index contributed by atoms with van der Waals surface area (Å²) in [6, 6.07) is 8.31. The van der Waals surface area contributed by atoms with E-state index in [-0.39, 0.29) is 0 Å². The number of nitrogens with zero attached hydrogens (tertiary/aromatic N) is 3. The van der Waals surface area contributed by atoms with Gasteiger partial charge in [-0.25, -0.2) is 9.97 Å². The van der Waals surface area contributed by atoms with Gasteiger partial charge in [0.2, 0.25) is 5.95 Å². The highest BCUT2D eigenvalue weighted by Crippen LogP contribution is 2.23. The van der Waals surface area contributed by atoms with Crippen LogP contribution in [0.3, 0.4) is 0 Å². The molecule has 0 fully saturated rings. The standard InChI is InChI=1S/C15H16N4/c1-9-4-10(2)6-12(5-9)19-14-13(18-15(19)16)7-11(3)8-17-14/h4-8H,1-3H3,(H2,16,18).